The Bertz CT molecular complexity index is 222. The van der Waals surface area contributed by atoms with Crippen molar-refractivity contribution in [3.63, 3.8) is 0 Å². The van der Waals surface area contributed by atoms with E-state index in [9.17, 15) is 4.79 Å². The summed E-state index contributed by atoms with van der Waals surface area (Å²) in [5.41, 5.74) is 0. The first-order valence-electron chi connectivity index (χ1n) is 7.17. The molecule has 0 aromatic rings. The average Bonchev–Trinajstić information content (AvgIpc) is 2.29. The van der Waals surface area contributed by atoms with Gasteiger partial charge in [0.15, 0.2) is 0 Å². The molecule has 0 radical (unpaired) electrons. The van der Waals surface area contributed by atoms with Gasteiger partial charge in [0.05, 0.1) is 6.10 Å². The topological polar surface area (TPSA) is 57.5 Å². The Balaban J connectivity index is 3.11. The normalized spacial score (nSPS) is 13.0. The number of carbonyl (C=O) groups is 1. The fourth-order valence-electron chi connectivity index (χ4n) is 1.83. The highest BCUT2D eigenvalue weighted by Gasteiger charge is 1.95. The van der Waals surface area contributed by atoms with Gasteiger partial charge in [0.1, 0.15) is 0 Å². The van der Waals surface area contributed by atoms with E-state index < -0.39 is 5.97 Å². The van der Waals surface area contributed by atoms with Gasteiger partial charge in [-0.05, 0) is 45.4 Å². The molecule has 2 N–H and O–H groups in total. The lowest BCUT2D eigenvalue weighted by Gasteiger charge is -2.02. The second-order valence-corrected chi connectivity index (χ2v) is 4.95. The van der Waals surface area contributed by atoms with Crippen molar-refractivity contribution < 1.29 is 15.0 Å². The van der Waals surface area contributed by atoms with Gasteiger partial charge in [-0.1, -0.05) is 31.4 Å². The third-order valence-corrected chi connectivity index (χ3v) is 2.92. The van der Waals surface area contributed by atoms with Gasteiger partial charge in [0.25, 0.3) is 0 Å². The molecule has 0 aromatic heterocycles. The van der Waals surface area contributed by atoms with E-state index in [4.69, 9.17) is 10.2 Å². The number of carboxylic acid groups (broad SMARTS) is 1. The first-order chi connectivity index (χ1) is 8.63. The van der Waals surface area contributed by atoms with Crippen LogP contribution in [0, 0.1) is 0 Å². The highest BCUT2D eigenvalue weighted by Crippen LogP contribution is 2.08. The quantitative estimate of drug-likeness (QED) is 0.411. The number of aliphatic hydroxyl groups is 1. The number of rotatable bonds is 12. The first kappa shape index (κ1) is 17.2. The van der Waals surface area contributed by atoms with Gasteiger partial charge in [0, 0.05) is 6.42 Å². The molecule has 0 heterocycles. The van der Waals surface area contributed by atoms with Crippen molar-refractivity contribution in [1.82, 2.24) is 0 Å². The summed E-state index contributed by atoms with van der Waals surface area (Å²) in [4.78, 5) is 10.3. The van der Waals surface area contributed by atoms with E-state index in [2.05, 4.69) is 12.2 Å². The Morgan fingerprint density at radius 2 is 1.56 bits per heavy atom. The van der Waals surface area contributed by atoms with E-state index >= 15 is 0 Å². The molecule has 0 spiro atoms. The molecule has 1 atom stereocenters. The Morgan fingerprint density at radius 1 is 1.00 bits per heavy atom. The lowest BCUT2D eigenvalue weighted by Crippen LogP contribution is -1.98. The second kappa shape index (κ2) is 12.6. The summed E-state index contributed by atoms with van der Waals surface area (Å²) in [6, 6.07) is 0. The van der Waals surface area contributed by atoms with Gasteiger partial charge >= 0.3 is 5.97 Å². The van der Waals surface area contributed by atoms with Crippen molar-refractivity contribution in [2.45, 2.75) is 77.2 Å². The van der Waals surface area contributed by atoms with Gasteiger partial charge in [-0.25, -0.2) is 0 Å². The zero-order chi connectivity index (χ0) is 13.6. The van der Waals surface area contributed by atoms with Crippen molar-refractivity contribution in [3.05, 3.63) is 12.2 Å². The third-order valence-electron chi connectivity index (χ3n) is 2.92. The molecule has 0 aliphatic heterocycles. The number of allylic oxidation sites excluding steroid dienone is 2. The Morgan fingerprint density at radius 3 is 2.11 bits per heavy atom. The average molecular weight is 256 g/mol. The molecule has 1 unspecified atom stereocenters. The van der Waals surface area contributed by atoms with E-state index in [1.54, 1.807) is 0 Å². The van der Waals surface area contributed by atoms with Crippen LogP contribution in [0.3, 0.4) is 0 Å². The zero-order valence-electron chi connectivity index (χ0n) is 11.6. The largest absolute Gasteiger partial charge is 0.481 e. The van der Waals surface area contributed by atoms with Gasteiger partial charge < -0.3 is 10.2 Å². The van der Waals surface area contributed by atoms with Crippen LogP contribution >= 0.6 is 0 Å². The van der Waals surface area contributed by atoms with Crippen LogP contribution in [-0.4, -0.2) is 22.3 Å². The molecule has 0 bridgehead atoms. The Kier molecular flexibility index (Phi) is 12.0. The molecule has 0 aliphatic carbocycles. The molecular weight excluding hydrogens is 228 g/mol. The zero-order valence-corrected chi connectivity index (χ0v) is 11.6. The van der Waals surface area contributed by atoms with Crippen LogP contribution in [0.1, 0.15) is 71.1 Å². The van der Waals surface area contributed by atoms with Crippen LogP contribution < -0.4 is 0 Å². The molecular formula is C15H28O3. The molecule has 3 heteroatoms. The van der Waals surface area contributed by atoms with Crippen LogP contribution in [0.15, 0.2) is 12.2 Å². The van der Waals surface area contributed by atoms with E-state index in [-0.39, 0.29) is 12.5 Å². The standard InChI is InChI=1S/C15H28O3/c1-14(16)12-10-8-6-4-2-3-5-7-9-11-13-15(17)18/h3,5,14,16H,2,4,6-13H2,1H3,(H,17,18). The van der Waals surface area contributed by atoms with Crippen LogP contribution in [0.4, 0.5) is 0 Å². The second-order valence-electron chi connectivity index (χ2n) is 4.95. The molecule has 0 saturated heterocycles. The van der Waals surface area contributed by atoms with Crippen molar-refractivity contribution in [2.24, 2.45) is 0 Å². The Hall–Kier alpha value is -0.830. The van der Waals surface area contributed by atoms with Crippen LogP contribution in [0.2, 0.25) is 0 Å². The molecule has 0 rings (SSSR count). The minimum Gasteiger partial charge on any atom is -0.481 e. The monoisotopic (exact) mass is 256 g/mol. The predicted molar refractivity (Wildman–Crippen MR) is 74.6 cm³/mol. The summed E-state index contributed by atoms with van der Waals surface area (Å²) in [5.74, 6) is -0.698. The van der Waals surface area contributed by atoms with Crippen LogP contribution in [0.25, 0.3) is 0 Å². The number of aliphatic carboxylic acids is 1. The maximum absolute atomic E-state index is 10.3. The van der Waals surface area contributed by atoms with E-state index in [0.717, 1.165) is 38.5 Å². The lowest BCUT2D eigenvalue weighted by atomic mass is 10.1. The maximum Gasteiger partial charge on any atom is 0.303 e. The van der Waals surface area contributed by atoms with Crippen LogP contribution in [0.5, 0.6) is 0 Å². The fourth-order valence-corrected chi connectivity index (χ4v) is 1.83. The summed E-state index contributed by atoms with van der Waals surface area (Å²) in [6.07, 6.45) is 14.0. The van der Waals surface area contributed by atoms with Gasteiger partial charge in [-0.2, -0.15) is 0 Å². The minimum atomic E-state index is -0.698. The highest BCUT2D eigenvalue weighted by atomic mass is 16.4. The number of aliphatic hydroxyl groups excluding tert-OH is 1. The van der Waals surface area contributed by atoms with Crippen LogP contribution in [-0.2, 0) is 4.79 Å². The SMILES string of the molecule is CC(O)CCCCCCC=CCCCCC(=O)O. The van der Waals surface area contributed by atoms with E-state index in [0.29, 0.717) is 0 Å². The first-order valence-corrected chi connectivity index (χ1v) is 7.17. The summed E-state index contributed by atoms with van der Waals surface area (Å²) in [6.45, 7) is 1.84. The number of unbranched alkanes of at least 4 members (excludes halogenated alkanes) is 6. The molecule has 0 aliphatic rings. The van der Waals surface area contributed by atoms with E-state index in [1.165, 1.54) is 19.3 Å². The summed E-state index contributed by atoms with van der Waals surface area (Å²) >= 11 is 0. The highest BCUT2D eigenvalue weighted by molar-refractivity contribution is 5.66. The number of hydrogen-bond donors (Lipinski definition) is 2. The minimum absolute atomic E-state index is 0.157. The lowest BCUT2D eigenvalue weighted by molar-refractivity contribution is -0.137. The molecule has 0 saturated carbocycles. The fraction of sp³-hybridized carbons (Fsp3) is 0.800. The van der Waals surface area contributed by atoms with Crippen molar-refractivity contribution in [2.75, 3.05) is 0 Å². The smallest absolute Gasteiger partial charge is 0.303 e. The number of carboxylic acids is 1. The Labute approximate surface area is 111 Å². The molecule has 18 heavy (non-hydrogen) atoms. The molecule has 3 nitrogen and oxygen atoms in total. The van der Waals surface area contributed by atoms with Crippen molar-refractivity contribution >= 4 is 5.97 Å². The van der Waals surface area contributed by atoms with Gasteiger partial charge in [0.2, 0.25) is 0 Å². The summed E-state index contributed by atoms with van der Waals surface area (Å²) in [7, 11) is 0. The van der Waals surface area contributed by atoms with E-state index in [1.807, 2.05) is 6.92 Å². The predicted octanol–water partition coefficient (Wildman–Crippen LogP) is 3.91. The van der Waals surface area contributed by atoms with Crippen molar-refractivity contribution in [1.29, 1.82) is 0 Å². The van der Waals surface area contributed by atoms with Gasteiger partial charge in [-0.15, -0.1) is 0 Å². The molecule has 0 aromatic carbocycles. The molecule has 0 amide bonds. The summed E-state index contributed by atoms with van der Waals surface area (Å²) in [5, 5.41) is 17.5. The molecule has 0 fully saturated rings. The number of hydrogen-bond acceptors (Lipinski definition) is 2. The van der Waals surface area contributed by atoms with Crippen molar-refractivity contribution in [3.8, 4) is 0 Å². The third kappa shape index (κ3) is 15.2. The maximum atomic E-state index is 10.3. The molecule has 106 valence electrons. The summed E-state index contributed by atoms with van der Waals surface area (Å²) < 4.78 is 0. The van der Waals surface area contributed by atoms with Gasteiger partial charge in [-0.3, -0.25) is 4.79 Å².